The van der Waals surface area contributed by atoms with Gasteiger partial charge in [-0.05, 0) is 66.1 Å². The summed E-state index contributed by atoms with van der Waals surface area (Å²) >= 11 is 1.71. The minimum absolute atomic E-state index is 0.144. The molecule has 1 aromatic heterocycles. The van der Waals surface area contributed by atoms with E-state index in [0.29, 0.717) is 11.5 Å². The van der Waals surface area contributed by atoms with Crippen molar-refractivity contribution in [2.45, 2.75) is 39.5 Å². The molecular formula is C25H25FS. The Kier molecular flexibility index (Phi) is 5.27. The average Bonchev–Trinajstić information content (AvgIpc) is 3.31. The Labute approximate surface area is 165 Å². The van der Waals surface area contributed by atoms with Crippen LogP contribution in [0.25, 0.3) is 21.6 Å². The maximum absolute atomic E-state index is 14.8. The van der Waals surface area contributed by atoms with Crippen molar-refractivity contribution < 1.29 is 4.39 Å². The van der Waals surface area contributed by atoms with Crippen LogP contribution in [0, 0.1) is 11.7 Å². The first-order chi connectivity index (χ1) is 13.1. The molecule has 0 spiro atoms. The number of halogens is 1. The van der Waals surface area contributed by atoms with Gasteiger partial charge < -0.3 is 0 Å². The van der Waals surface area contributed by atoms with E-state index >= 15 is 0 Å². The second-order valence-electron chi connectivity index (χ2n) is 7.53. The molecule has 0 fully saturated rings. The molecule has 4 rings (SSSR count). The first-order valence-corrected chi connectivity index (χ1v) is 10.6. The molecular weight excluding hydrogens is 351 g/mol. The number of rotatable bonds is 5. The molecule has 3 aromatic rings. The van der Waals surface area contributed by atoms with Crippen LogP contribution in [0.1, 0.15) is 37.1 Å². The molecule has 1 heterocycles. The van der Waals surface area contributed by atoms with Crippen molar-refractivity contribution in [1.82, 2.24) is 0 Å². The van der Waals surface area contributed by atoms with Crippen LogP contribution in [0.2, 0.25) is 0 Å². The molecule has 27 heavy (non-hydrogen) atoms. The predicted molar refractivity (Wildman–Crippen MR) is 115 cm³/mol. The molecule has 1 aliphatic rings. The summed E-state index contributed by atoms with van der Waals surface area (Å²) in [5.41, 5.74) is 5.53. The molecule has 0 radical (unpaired) electrons. The van der Waals surface area contributed by atoms with Crippen LogP contribution in [0.15, 0.2) is 66.2 Å². The summed E-state index contributed by atoms with van der Waals surface area (Å²) in [4.78, 5) is 2.34. The Balaban J connectivity index is 1.55. The number of benzene rings is 2. The maximum atomic E-state index is 14.8. The molecule has 0 saturated carbocycles. The highest BCUT2D eigenvalue weighted by Gasteiger charge is 2.14. The number of hydrogen-bond acceptors (Lipinski definition) is 1. The van der Waals surface area contributed by atoms with E-state index in [0.717, 1.165) is 28.8 Å². The second kappa shape index (κ2) is 7.82. The van der Waals surface area contributed by atoms with Crippen LogP contribution in [0.3, 0.4) is 0 Å². The molecule has 2 heteroatoms. The van der Waals surface area contributed by atoms with Crippen molar-refractivity contribution in [1.29, 1.82) is 0 Å². The summed E-state index contributed by atoms with van der Waals surface area (Å²) in [6.07, 6.45) is 6.90. The lowest BCUT2D eigenvalue weighted by Crippen LogP contribution is -1.86. The third-order valence-corrected chi connectivity index (χ3v) is 6.55. The quantitative estimate of drug-likeness (QED) is 0.400. The maximum Gasteiger partial charge on any atom is 0.132 e. The summed E-state index contributed by atoms with van der Waals surface area (Å²) in [6, 6.07) is 18.2. The predicted octanol–water partition coefficient (Wildman–Crippen LogP) is 7.68. The molecule has 1 atom stereocenters. The van der Waals surface area contributed by atoms with Gasteiger partial charge in [-0.2, -0.15) is 0 Å². The molecule has 0 nitrogen and oxygen atoms in total. The van der Waals surface area contributed by atoms with Gasteiger partial charge in [0, 0.05) is 21.7 Å². The van der Waals surface area contributed by atoms with Crippen molar-refractivity contribution in [2.75, 3.05) is 0 Å². The molecule has 1 aliphatic carbocycles. The van der Waals surface area contributed by atoms with Gasteiger partial charge in [0.05, 0.1) is 0 Å². The first kappa shape index (κ1) is 18.2. The summed E-state index contributed by atoms with van der Waals surface area (Å²) in [5.74, 6) is 0.560. The van der Waals surface area contributed by atoms with E-state index in [9.17, 15) is 4.39 Å². The molecule has 1 unspecified atom stereocenters. The Hall–Kier alpha value is -2.19. The lowest BCUT2D eigenvalue weighted by molar-refractivity contribution is 0.632. The van der Waals surface area contributed by atoms with Gasteiger partial charge in [-0.1, -0.05) is 55.8 Å². The van der Waals surface area contributed by atoms with E-state index in [2.05, 4.69) is 56.3 Å². The van der Waals surface area contributed by atoms with Crippen LogP contribution in [-0.2, 0) is 12.8 Å². The van der Waals surface area contributed by atoms with Crippen molar-refractivity contribution in [2.24, 2.45) is 5.92 Å². The lowest BCUT2D eigenvalue weighted by Gasteiger charge is -2.06. The van der Waals surface area contributed by atoms with E-state index in [1.54, 1.807) is 17.4 Å². The van der Waals surface area contributed by atoms with Gasteiger partial charge in [0.2, 0.25) is 0 Å². The minimum Gasteiger partial charge on any atom is -0.206 e. The zero-order chi connectivity index (χ0) is 18.8. The van der Waals surface area contributed by atoms with Crippen LogP contribution in [-0.4, -0.2) is 0 Å². The van der Waals surface area contributed by atoms with E-state index in [-0.39, 0.29) is 5.82 Å². The topological polar surface area (TPSA) is 0 Å². The fourth-order valence-corrected chi connectivity index (χ4v) is 4.89. The molecule has 0 amide bonds. The second-order valence-corrected chi connectivity index (χ2v) is 8.70. The SMILES string of the molecule is CCc1ccc(-c2ccc(-c3ccc(CC4=CC(C)CC4)s3)c(F)c2)cc1. The summed E-state index contributed by atoms with van der Waals surface area (Å²) in [6.45, 7) is 4.42. The van der Waals surface area contributed by atoms with Gasteiger partial charge in [0.25, 0.3) is 0 Å². The highest BCUT2D eigenvalue weighted by molar-refractivity contribution is 7.15. The van der Waals surface area contributed by atoms with Crippen LogP contribution >= 0.6 is 11.3 Å². The number of allylic oxidation sites excluding steroid dienone is 2. The third kappa shape index (κ3) is 4.06. The Morgan fingerprint density at radius 1 is 1.00 bits per heavy atom. The molecule has 0 N–H and O–H groups in total. The highest BCUT2D eigenvalue weighted by Crippen LogP contribution is 2.35. The van der Waals surface area contributed by atoms with Gasteiger partial charge in [-0.15, -0.1) is 11.3 Å². The molecule has 138 valence electrons. The first-order valence-electron chi connectivity index (χ1n) is 9.80. The smallest absolute Gasteiger partial charge is 0.132 e. The number of thiophene rings is 1. The lowest BCUT2D eigenvalue weighted by atomic mass is 10.0. The van der Waals surface area contributed by atoms with Crippen molar-refractivity contribution in [3.05, 3.63) is 82.5 Å². The molecule has 2 aromatic carbocycles. The van der Waals surface area contributed by atoms with E-state index in [1.165, 1.54) is 28.9 Å². The van der Waals surface area contributed by atoms with Gasteiger partial charge in [0.15, 0.2) is 0 Å². The summed E-state index contributed by atoms with van der Waals surface area (Å²) in [5, 5.41) is 0. The Morgan fingerprint density at radius 2 is 1.78 bits per heavy atom. The Bertz CT molecular complexity index is 962. The minimum atomic E-state index is -0.144. The van der Waals surface area contributed by atoms with Crippen LogP contribution in [0.5, 0.6) is 0 Å². The zero-order valence-corrected chi connectivity index (χ0v) is 16.8. The van der Waals surface area contributed by atoms with Gasteiger partial charge in [-0.25, -0.2) is 4.39 Å². The number of aryl methyl sites for hydroxylation is 1. The van der Waals surface area contributed by atoms with Gasteiger partial charge >= 0.3 is 0 Å². The standard InChI is InChI=1S/C25H25FS/c1-3-18-6-8-20(9-7-18)21-10-12-23(24(26)16-21)25-13-11-22(27-25)15-19-5-4-17(2)14-19/h6-14,16-17H,3-5,15H2,1-2H3. The van der Waals surface area contributed by atoms with E-state index in [1.807, 2.05) is 12.1 Å². The zero-order valence-electron chi connectivity index (χ0n) is 16.0. The molecule has 0 saturated heterocycles. The fraction of sp³-hybridized carbons (Fsp3) is 0.280. The third-order valence-electron chi connectivity index (χ3n) is 5.43. The van der Waals surface area contributed by atoms with Gasteiger partial charge in [0.1, 0.15) is 5.82 Å². The van der Waals surface area contributed by atoms with E-state index < -0.39 is 0 Å². The largest absolute Gasteiger partial charge is 0.206 e. The monoisotopic (exact) mass is 376 g/mol. The Morgan fingerprint density at radius 3 is 2.44 bits per heavy atom. The van der Waals surface area contributed by atoms with Crippen molar-refractivity contribution >= 4 is 11.3 Å². The summed E-state index contributed by atoms with van der Waals surface area (Å²) < 4.78 is 14.8. The molecule has 0 bridgehead atoms. The van der Waals surface area contributed by atoms with E-state index in [4.69, 9.17) is 0 Å². The van der Waals surface area contributed by atoms with Crippen LogP contribution in [0.4, 0.5) is 4.39 Å². The number of hydrogen-bond donors (Lipinski definition) is 0. The average molecular weight is 377 g/mol. The van der Waals surface area contributed by atoms with Gasteiger partial charge in [-0.3, -0.25) is 0 Å². The fourth-order valence-electron chi connectivity index (χ4n) is 3.80. The van der Waals surface area contributed by atoms with Crippen molar-refractivity contribution in [3.8, 4) is 21.6 Å². The summed E-state index contributed by atoms with van der Waals surface area (Å²) in [7, 11) is 0. The molecule has 0 aliphatic heterocycles. The normalized spacial score (nSPS) is 16.6. The highest BCUT2D eigenvalue weighted by atomic mass is 32.1. The van der Waals surface area contributed by atoms with Crippen LogP contribution < -0.4 is 0 Å². The van der Waals surface area contributed by atoms with Crippen molar-refractivity contribution in [3.63, 3.8) is 0 Å².